The lowest BCUT2D eigenvalue weighted by Crippen LogP contribution is -2.20. The van der Waals surface area contributed by atoms with Gasteiger partial charge >= 0.3 is 0 Å². The third-order valence-corrected chi connectivity index (χ3v) is 2.52. The zero-order valence-electron chi connectivity index (χ0n) is 7.69. The van der Waals surface area contributed by atoms with Crippen molar-refractivity contribution in [3.05, 3.63) is 47.2 Å². The molecule has 3 nitrogen and oxygen atoms in total. The Balaban J connectivity index is 2.40. The number of allylic oxidation sites excluding steroid dienone is 1. The van der Waals surface area contributed by atoms with Gasteiger partial charge in [0.25, 0.3) is 0 Å². The first kappa shape index (κ1) is 8.17. The van der Waals surface area contributed by atoms with Crippen LogP contribution in [-0.4, -0.2) is 11.6 Å². The molecule has 0 radical (unpaired) electrons. The molecule has 0 N–H and O–H groups in total. The van der Waals surface area contributed by atoms with Crippen LogP contribution in [-0.2, 0) is 9.53 Å². The molecular weight excluding hydrogens is 192 g/mol. The van der Waals surface area contributed by atoms with Crippen LogP contribution in [0.2, 0.25) is 0 Å². The van der Waals surface area contributed by atoms with E-state index in [-0.39, 0.29) is 0 Å². The zero-order valence-corrected chi connectivity index (χ0v) is 7.69. The number of carbonyl (C=O) groups excluding carboxylic acids is 2. The van der Waals surface area contributed by atoms with E-state index in [2.05, 4.69) is 0 Å². The third kappa shape index (κ3) is 1.00. The second-order valence-corrected chi connectivity index (χ2v) is 3.39. The summed E-state index contributed by atoms with van der Waals surface area (Å²) in [6.45, 7) is 0. The second-order valence-electron chi connectivity index (χ2n) is 3.39. The molecule has 1 aromatic carbocycles. The Morgan fingerprint density at radius 2 is 2.00 bits per heavy atom. The van der Waals surface area contributed by atoms with Gasteiger partial charge in [-0.3, -0.25) is 9.59 Å². The minimum Gasteiger partial charge on any atom is -0.464 e. The molecule has 0 aromatic heterocycles. The molecule has 0 bridgehead atoms. The summed E-state index contributed by atoms with van der Waals surface area (Å²) >= 11 is 0. The number of Topliss-reactive ketones (excluding diaryl/α,β-unsaturated/α-hetero) is 1. The first-order valence-corrected chi connectivity index (χ1v) is 4.54. The highest BCUT2D eigenvalue weighted by Gasteiger charge is 2.29. The number of rotatable bonds is 0. The molecule has 0 amide bonds. The Kier molecular flexibility index (Phi) is 1.45. The SMILES string of the molecule is O=C1C=C2OC=Cc3cccc(c32)C1=O. The topological polar surface area (TPSA) is 43.4 Å². The number of hydrogen-bond donors (Lipinski definition) is 0. The summed E-state index contributed by atoms with van der Waals surface area (Å²) in [5, 5.41) is 0. The van der Waals surface area contributed by atoms with Crippen molar-refractivity contribution in [2.45, 2.75) is 0 Å². The van der Waals surface area contributed by atoms with Gasteiger partial charge in [-0.15, -0.1) is 0 Å². The van der Waals surface area contributed by atoms with E-state index < -0.39 is 11.6 Å². The van der Waals surface area contributed by atoms with Gasteiger partial charge in [0.15, 0.2) is 0 Å². The van der Waals surface area contributed by atoms with Crippen molar-refractivity contribution < 1.29 is 14.3 Å². The molecule has 72 valence electrons. The van der Waals surface area contributed by atoms with Crippen LogP contribution in [0.3, 0.4) is 0 Å². The fourth-order valence-corrected chi connectivity index (χ4v) is 1.84. The molecule has 2 aliphatic rings. The minimum absolute atomic E-state index is 0.430. The van der Waals surface area contributed by atoms with E-state index in [1.807, 2.05) is 6.07 Å². The van der Waals surface area contributed by atoms with E-state index in [4.69, 9.17) is 4.74 Å². The van der Waals surface area contributed by atoms with Crippen molar-refractivity contribution in [1.82, 2.24) is 0 Å². The first-order chi connectivity index (χ1) is 7.27. The van der Waals surface area contributed by atoms with Crippen LogP contribution in [0, 0.1) is 0 Å². The van der Waals surface area contributed by atoms with Crippen molar-refractivity contribution in [3.63, 3.8) is 0 Å². The molecule has 3 rings (SSSR count). The van der Waals surface area contributed by atoms with E-state index >= 15 is 0 Å². The summed E-state index contributed by atoms with van der Waals surface area (Å²) in [6.07, 6.45) is 4.54. The van der Waals surface area contributed by atoms with E-state index in [1.165, 1.54) is 12.3 Å². The van der Waals surface area contributed by atoms with Gasteiger partial charge in [0.05, 0.1) is 6.26 Å². The van der Waals surface area contributed by atoms with Crippen LogP contribution < -0.4 is 0 Å². The van der Waals surface area contributed by atoms with Gasteiger partial charge in [-0.1, -0.05) is 18.2 Å². The normalized spacial score (nSPS) is 16.9. The Hall–Kier alpha value is -2.16. The van der Waals surface area contributed by atoms with Crippen molar-refractivity contribution in [3.8, 4) is 0 Å². The molecule has 0 fully saturated rings. The molecule has 1 aliphatic heterocycles. The highest BCUT2D eigenvalue weighted by atomic mass is 16.5. The van der Waals surface area contributed by atoms with Crippen molar-refractivity contribution in [2.24, 2.45) is 0 Å². The maximum Gasteiger partial charge on any atom is 0.233 e. The van der Waals surface area contributed by atoms with Gasteiger partial charge in [0, 0.05) is 17.2 Å². The van der Waals surface area contributed by atoms with Gasteiger partial charge in [-0.05, 0) is 11.6 Å². The van der Waals surface area contributed by atoms with E-state index in [0.29, 0.717) is 11.3 Å². The molecule has 0 unspecified atom stereocenters. The number of carbonyl (C=O) groups is 2. The monoisotopic (exact) mass is 198 g/mol. The zero-order chi connectivity index (χ0) is 10.4. The van der Waals surface area contributed by atoms with E-state index in [1.54, 1.807) is 18.2 Å². The van der Waals surface area contributed by atoms with Gasteiger partial charge in [-0.2, -0.15) is 0 Å². The summed E-state index contributed by atoms with van der Waals surface area (Å²) in [7, 11) is 0. The van der Waals surface area contributed by atoms with Gasteiger partial charge < -0.3 is 4.74 Å². The summed E-state index contributed by atoms with van der Waals surface area (Å²) in [6, 6.07) is 5.29. The average Bonchev–Trinajstić information content (AvgIpc) is 2.26. The fourth-order valence-electron chi connectivity index (χ4n) is 1.84. The van der Waals surface area contributed by atoms with Gasteiger partial charge in [0.1, 0.15) is 5.76 Å². The lowest BCUT2D eigenvalue weighted by Gasteiger charge is -2.20. The van der Waals surface area contributed by atoms with Gasteiger partial charge in [0.2, 0.25) is 11.6 Å². The Morgan fingerprint density at radius 1 is 1.13 bits per heavy atom. The summed E-state index contributed by atoms with van der Waals surface area (Å²) in [5.41, 5.74) is 2.06. The molecule has 1 aromatic rings. The first-order valence-electron chi connectivity index (χ1n) is 4.54. The fraction of sp³-hybridized carbons (Fsp3) is 0. The number of ketones is 2. The van der Waals surface area contributed by atoms with Crippen LogP contribution >= 0.6 is 0 Å². The largest absolute Gasteiger partial charge is 0.464 e. The molecule has 0 saturated carbocycles. The molecule has 15 heavy (non-hydrogen) atoms. The van der Waals surface area contributed by atoms with Crippen LogP contribution in [0.25, 0.3) is 11.8 Å². The molecular formula is C12H6O3. The van der Waals surface area contributed by atoms with Crippen LogP contribution in [0.15, 0.2) is 30.5 Å². The molecule has 1 heterocycles. The minimum atomic E-state index is -0.523. The maximum atomic E-state index is 11.6. The average molecular weight is 198 g/mol. The number of hydrogen-bond acceptors (Lipinski definition) is 3. The summed E-state index contributed by atoms with van der Waals surface area (Å²) < 4.78 is 5.21. The standard InChI is InChI=1S/C12H6O3/c13-9-6-10-11-7(4-5-15-10)2-1-3-8(11)12(9)14/h1-6H. The summed E-state index contributed by atoms with van der Waals surface area (Å²) in [5.74, 6) is -0.521. The lowest BCUT2D eigenvalue weighted by atomic mass is 9.89. The quantitative estimate of drug-likeness (QED) is 0.597. The Bertz CT molecular complexity index is 550. The highest BCUT2D eigenvalue weighted by Crippen LogP contribution is 2.33. The Morgan fingerprint density at radius 3 is 2.87 bits per heavy atom. The van der Waals surface area contributed by atoms with Gasteiger partial charge in [-0.25, -0.2) is 0 Å². The Labute approximate surface area is 85.7 Å². The second kappa shape index (κ2) is 2.67. The maximum absolute atomic E-state index is 11.6. The predicted octanol–water partition coefficient (Wildman–Crippen LogP) is 1.79. The highest BCUT2D eigenvalue weighted by molar-refractivity contribution is 6.50. The molecule has 0 spiro atoms. The molecule has 1 aliphatic carbocycles. The third-order valence-electron chi connectivity index (χ3n) is 2.52. The van der Waals surface area contributed by atoms with Crippen LogP contribution in [0.5, 0.6) is 0 Å². The van der Waals surface area contributed by atoms with E-state index in [9.17, 15) is 9.59 Å². The van der Waals surface area contributed by atoms with Crippen molar-refractivity contribution in [2.75, 3.05) is 0 Å². The van der Waals surface area contributed by atoms with Crippen molar-refractivity contribution in [1.29, 1.82) is 0 Å². The summed E-state index contributed by atoms with van der Waals surface area (Å²) in [4.78, 5) is 22.9. The van der Waals surface area contributed by atoms with Crippen LogP contribution in [0.4, 0.5) is 0 Å². The predicted molar refractivity (Wildman–Crippen MR) is 53.9 cm³/mol. The molecule has 0 atom stereocenters. The smallest absolute Gasteiger partial charge is 0.233 e. The molecule has 0 saturated heterocycles. The van der Waals surface area contributed by atoms with E-state index in [0.717, 1.165) is 11.1 Å². The molecule has 3 heteroatoms. The lowest BCUT2D eigenvalue weighted by molar-refractivity contribution is -0.111. The number of benzene rings is 1. The van der Waals surface area contributed by atoms with Crippen LogP contribution in [0.1, 0.15) is 21.5 Å². The van der Waals surface area contributed by atoms with Crippen molar-refractivity contribution >= 4 is 23.4 Å². The number of ether oxygens (including phenoxy) is 1.